The molecule has 6 nitrogen and oxygen atoms in total. The number of amides is 1. The van der Waals surface area contributed by atoms with Crippen molar-refractivity contribution in [1.82, 2.24) is 15.5 Å². The van der Waals surface area contributed by atoms with Gasteiger partial charge in [0.15, 0.2) is 12.6 Å². The number of carbonyl (C=O) groups excluding carboxylic acids is 1. The number of hydrogen-bond acceptors (Lipinski definition) is 3. The molecule has 2 rings (SSSR count). The summed E-state index contributed by atoms with van der Waals surface area (Å²) in [5.74, 6) is 1.00. The maximum Gasteiger partial charge on any atom is 0.422 e. The number of rotatable bonds is 9. The van der Waals surface area contributed by atoms with Crippen molar-refractivity contribution in [3.63, 3.8) is 0 Å². The largest absolute Gasteiger partial charge is 0.484 e. The summed E-state index contributed by atoms with van der Waals surface area (Å²) >= 11 is 0. The molecule has 28 heavy (non-hydrogen) atoms. The number of aliphatic imine (C=N–C) groups is 1. The van der Waals surface area contributed by atoms with E-state index < -0.39 is 12.8 Å². The van der Waals surface area contributed by atoms with E-state index in [0.717, 1.165) is 31.5 Å². The zero-order valence-corrected chi connectivity index (χ0v) is 16.0. The van der Waals surface area contributed by atoms with Crippen LogP contribution in [0.15, 0.2) is 29.3 Å². The Labute approximate surface area is 163 Å². The van der Waals surface area contributed by atoms with Gasteiger partial charge in [-0.15, -0.1) is 0 Å². The minimum absolute atomic E-state index is 0.165. The van der Waals surface area contributed by atoms with Gasteiger partial charge in [0.2, 0.25) is 5.91 Å². The quantitative estimate of drug-likeness (QED) is 0.380. The fourth-order valence-corrected chi connectivity index (χ4v) is 2.83. The first-order chi connectivity index (χ1) is 13.4. The summed E-state index contributed by atoms with van der Waals surface area (Å²) in [6.07, 6.45) is -1.97. The average molecular weight is 400 g/mol. The van der Waals surface area contributed by atoms with Crippen molar-refractivity contribution in [2.75, 3.05) is 32.8 Å². The van der Waals surface area contributed by atoms with Gasteiger partial charge < -0.3 is 20.3 Å². The highest BCUT2D eigenvalue weighted by atomic mass is 19.4. The molecular formula is C19H27F3N4O2. The molecule has 156 valence electrons. The van der Waals surface area contributed by atoms with Crippen LogP contribution in [-0.2, 0) is 11.3 Å². The third-order valence-corrected chi connectivity index (χ3v) is 4.13. The van der Waals surface area contributed by atoms with Gasteiger partial charge in [0.25, 0.3) is 0 Å². The maximum absolute atomic E-state index is 12.3. The lowest BCUT2D eigenvalue weighted by Crippen LogP contribution is -2.39. The number of alkyl halides is 3. The molecule has 1 aliphatic heterocycles. The molecule has 0 spiro atoms. The third-order valence-electron chi connectivity index (χ3n) is 4.13. The van der Waals surface area contributed by atoms with Crippen molar-refractivity contribution in [2.24, 2.45) is 4.99 Å². The van der Waals surface area contributed by atoms with E-state index in [9.17, 15) is 18.0 Å². The molecule has 1 fully saturated rings. The molecular weight excluding hydrogens is 373 g/mol. The lowest BCUT2D eigenvalue weighted by atomic mass is 10.2. The van der Waals surface area contributed by atoms with E-state index in [1.807, 2.05) is 11.8 Å². The van der Waals surface area contributed by atoms with Crippen LogP contribution < -0.4 is 15.4 Å². The zero-order valence-electron chi connectivity index (χ0n) is 16.0. The van der Waals surface area contributed by atoms with E-state index in [4.69, 9.17) is 4.74 Å². The Balaban J connectivity index is 1.81. The number of carbonyl (C=O) groups is 1. The van der Waals surface area contributed by atoms with E-state index in [2.05, 4.69) is 15.6 Å². The first-order valence-corrected chi connectivity index (χ1v) is 9.46. The number of hydrogen-bond donors (Lipinski definition) is 2. The Kier molecular flexibility index (Phi) is 8.41. The molecule has 1 aromatic rings. The van der Waals surface area contributed by atoms with Gasteiger partial charge in [-0.2, -0.15) is 13.2 Å². The first kappa shape index (κ1) is 21.8. The number of halogens is 3. The number of guanidine groups is 1. The van der Waals surface area contributed by atoms with Crippen LogP contribution >= 0.6 is 0 Å². The summed E-state index contributed by atoms with van der Waals surface area (Å²) in [5.41, 5.74) is 0.750. The molecule has 1 aromatic carbocycles. The lowest BCUT2D eigenvalue weighted by molar-refractivity contribution is -0.153. The molecule has 1 heterocycles. The lowest BCUT2D eigenvalue weighted by Gasteiger charge is -2.16. The van der Waals surface area contributed by atoms with E-state index in [1.54, 1.807) is 18.2 Å². The Morgan fingerprint density at radius 2 is 2.14 bits per heavy atom. The van der Waals surface area contributed by atoms with Gasteiger partial charge in [-0.05, 0) is 37.5 Å². The number of benzene rings is 1. The second-order valence-electron chi connectivity index (χ2n) is 6.51. The van der Waals surface area contributed by atoms with Crippen LogP contribution in [0, 0.1) is 0 Å². The number of likely N-dealkylation sites (tertiary alicyclic amines) is 1. The summed E-state index contributed by atoms with van der Waals surface area (Å²) in [4.78, 5) is 17.9. The standard InChI is InChI=1S/C19H27F3N4O2/c1-2-23-18(24-9-5-11-26-10-4-8-17(26)27)25-13-15-6-3-7-16(12-15)28-14-19(20,21)22/h3,6-7,12H,2,4-5,8-11,13-14H2,1H3,(H2,23,24,25). The normalized spacial score (nSPS) is 15.1. The monoisotopic (exact) mass is 400 g/mol. The molecule has 0 aromatic heterocycles. The van der Waals surface area contributed by atoms with Crippen molar-refractivity contribution >= 4 is 11.9 Å². The van der Waals surface area contributed by atoms with Crippen LogP contribution in [0.3, 0.4) is 0 Å². The van der Waals surface area contributed by atoms with Gasteiger partial charge in [-0.3, -0.25) is 4.79 Å². The van der Waals surface area contributed by atoms with Gasteiger partial charge in [0.1, 0.15) is 5.75 Å². The van der Waals surface area contributed by atoms with Gasteiger partial charge in [0.05, 0.1) is 6.54 Å². The molecule has 0 aliphatic carbocycles. The number of nitrogens with one attached hydrogen (secondary N) is 2. The molecule has 1 amide bonds. The second-order valence-corrected chi connectivity index (χ2v) is 6.51. The molecule has 0 unspecified atom stereocenters. The molecule has 1 saturated heterocycles. The number of nitrogens with zero attached hydrogens (tertiary/aromatic N) is 2. The van der Waals surface area contributed by atoms with Crippen LogP contribution in [0.25, 0.3) is 0 Å². The zero-order chi connectivity index (χ0) is 20.4. The van der Waals surface area contributed by atoms with E-state index in [-0.39, 0.29) is 11.7 Å². The van der Waals surface area contributed by atoms with Gasteiger partial charge >= 0.3 is 6.18 Å². The number of ether oxygens (including phenoxy) is 1. The minimum atomic E-state index is -4.37. The van der Waals surface area contributed by atoms with Crippen LogP contribution in [0.5, 0.6) is 5.75 Å². The maximum atomic E-state index is 12.3. The second kappa shape index (κ2) is 10.8. The topological polar surface area (TPSA) is 66.0 Å². The fourth-order valence-electron chi connectivity index (χ4n) is 2.83. The first-order valence-electron chi connectivity index (χ1n) is 9.46. The Hall–Kier alpha value is -2.45. The smallest absolute Gasteiger partial charge is 0.422 e. The summed E-state index contributed by atoms with van der Waals surface area (Å²) < 4.78 is 41.6. The van der Waals surface area contributed by atoms with E-state index >= 15 is 0 Å². The molecule has 2 N–H and O–H groups in total. The fraction of sp³-hybridized carbons (Fsp3) is 0.579. The van der Waals surface area contributed by atoms with Gasteiger partial charge in [-0.1, -0.05) is 12.1 Å². The summed E-state index contributed by atoms with van der Waals surface area (Å²) in [6.45, 7) is 3.86. The Morgan fingerprint density at radius 1 is 1.32 bits per heavy atom. The highest BCUT2D eigenvalue weighted by Crippen LogP contribution is 2.19. The van der Waals surface area contributed by atoms with E-state index in [0.29, 0.717) is 32.0 Å². The molecule has 0 atom stereocenters. The van der Waals surface area contributed by atoms with Crippen molar-refractivity contribution in [1.29, 1.82) is 0 Å². The van der Waals surface area contributed by atoms with Crippen molar-refractivity contribution in [3.8, 4) is 5.75 Å². The Bertz CT molecular complexity index is 665. The predicted molar refractivity (Wildman–Crippen MR) is 101 cm³/mol. The minimum Gasteiger partial charge on any atom is -0.484 e. The SMILES string of the molecule is CCNC(=NCc1cccc(OCC(F)(F)F)c1)NCCCN1CCCC1=O. The molecule has 0 saturated carbocycles. The van der Waals surface area contributed by atoms with Crippen LogP contribution in [0.4, 0.5) is 13.2 Å². The third kappa shape index (κ3) is 8.06. The van der Waals surface area contributed by atoms with Crippen LogP contribution in [-0.4, -0.2) is 55.7 Å². The Morgan fingerprint density at radius 3 is 2.82 bits per heavy atom. The highest BCUT2D eigenvalue weighted by molar-refractivity contribution is 5.79. The predicted octanol–water partition coefficient (Wildman–Crippen LogP) is 2.70. The summed E-state index contributed by atoms with van der Waals surface area (Å²) in [6, 6.07) is 6.47. The van der Waals surface area contributed by atoms with Gasteiger partial charge in [-0.25, -0.2) is 4.99 Å². The average Bonchev–Trinajstić information content (AvgIpc) is 3.06. The van der Waals surface area contributed by atoms with Crippen LogP contribution in [0.2, 0.25) is 0 Å². The van der Waals surface area contributed by atoms with E-state index in [1.165, 1.54) is 6.07 Å². The van der Waals surface area contributed by atoms with Crippen molar-refractivity contribution < 1.29 is 22.7 Å². The molecule has 1 aliphatic rings. The molecule has 9 heteroatoms. The highest BCUT2D eigenvalue weighted by Gasteiger charge is 2.28. The van der Waals surface area contributed by atoms with Crippen molar-refractivity contribution in [2.45, 2.75) is 38.9 Å². The molecule has 0 bridgehead atoms. The van der Waals surface area contributed by atoms with Crippen molar-refractivity contribution in [3.05, 3.63) is 29.8 Å². The summed E-state index contributed by atoms with van der Waals surface area (Å²) in [7, 11) is 0. The van der Waals surface area contributed by atoms with Gasteiger partial charge in [0, 0.05) is 32.6 Å². The summed E-state index contributed by atoms with van der Waals surface area (Å²) in [5, 5.41) is 6.34. The van der Waals surface area contributed by atoms with Crippen LogP contribution in [0.1, 0.15) is 31.7 Å². The molecule has 0 radical (unpaired) electrons.